The molecule has 1 aromatic carbocycles. The molecule has 2 heterocycles. The number of amides is 1. The highest BCUT2D eigenvalue weighted by molar-refractivity contribution is 5.94. The highest BCUT2D eigenvalue weighted by Gasteiger charge is 2.26. The van der Waals surface area contributed by atoms with Gasteiger partial charge in [-0.1, -0.05) is 31.5 Å². The number of halogens is 1. The van der Waals surface area contributed by atoms with Crippen LogP contribution in [0, 0.1) is 5.82 Å². The van der Waals surface area contributed by atoms with Crippen LogP contribution in [-0.2, 0) is 16.8 Å². The number of carbonyl (C=O) groups excluding carboxylic acids is 1. The van der Waals surface area contributed by atoms with Gasteiger partial charge in [0.2, 0.25) is 5.91 Å². The zero-order valence-electron chi connectivity index (χ0n) is 19.9. The molecule has 0 bridgehead atoms. The topological polar surface area (TPSA) is 62.2 Å². The average molecular weight is 444 g/mol. The molecule has 2 atom stereocenters. The summed E-state index contributed by atoms with van der Waals surface area (Å²) in [5, 5.41) is 6.35. The van der Waals surface area contributed by atoms with Gasteiger partial charge in [0.05, 0.1) is 17.9 Å². The second-order valence-corrected chi connectivity index (χ2v) is 9.66. The highest BCUT2D eigenvalue weighted by Crippen LogP contribution is 2.21. The van der Waals surface area contributed by atoms with Crippen molar-refractivity contribution in [2.45, 2.75) is 77.4 Å². The van der Waals surface area contributed by atoms with Crippen molar-refractivity contribution in [3.8, 4) is 0 Å². The normalized spacial score (nSPS) is 16.8. The van der Waals surface area contributed by atoms with Gasteiger partial charge in [0.25, 0.3) is 0 Å². The quantitative estimate of drug-likeness (QED) is 0.547. The van der Waals surface area contributed by atoms with E-state index in [0.717, 1.165) is 26.1 Å². The van der Waals surface area contributed by atoms with E-state index >= 15 is 0 Å². The number of rotatable bonds is 11. The first-order chi connectivity index (χ1) is 15.3. The highest BCUT2D eigenvalue weighted by atomic mass is 19.1. The summed E-state index contributed by atoms with van der Waals surface area (Å²) in [6.45, 7) is 11.7. The van der Waals surface area contributed by atoms with Gasteiger partial charge in [0.1, 0.15) is 5.82 Å². The van der Waals surface area contributed by atoms with Crippen molar-refractivity contribution in [1.82, 2.24) is 19.8 Å². The van der Waals surface area contributed by atoms with Crippen molar-refractivity contribution >= 4 is 11.7 Å². The maximum absolute atomic E-state index is 14.0. The lowest BCUT2D eigenvalue weighted by Crippen LogP contribution is -2.45. The summed E-state index contributed by atoms with van der Waals surface area (Å²) in [4.78, 5) is 19.9. The molecule has 1 aromatic heterocycles. The summed E-state index contributed by atoms with van der Waals surface area (Å²) in [7, 11) is 0. The third-order valence-corrected chi connectivity index (χ3v) is 6.21. The molecule has 176 valence electrons. The van der Waals surface area contributed by atoms with Gasteiger partial charge in [-0.2, -0.15) is 0 Å². The Hall–Kier alpha value is -2.25. The molecular formula is C25H38FN5O. The van der Waals surface area contributed by atoms with Crippen LogP contribution in [0.1, 0.15) is 58.9 Å². The Balaban J connectivity index is 1.59. The van der Waals surface area contributed by atoms with Gasteiger partial charge >= 0.3 is 0 Å². The number of aromatic nitrogens is 2. The SMILES string of the molecule is CCCC(NC(C)Cc1ccccc1F)C(=O)Nc1cn(C(C)(C)CN2CCCC2)cn1. The van der Waals surface area contributed by atoms with Crippen molar-refractivity contribution in [3.63, 3.8) is 0 Å². The van der Waals surface area contributed by atoms with E-state index in [1.807, 2.05) is 19.2 Å². The number of nitrogens with one attached hydrogen (secondary N) is 2. The summed E-state index contributed by atoms with van der Waals surface area (Å²) < 4.78 is 16.1. The second kappa shape index (κ2) is 11.1. The molecule has 0 spiro atoms. The summed E-state index contributed by atoms with van der Waals surface area (Å²) in [5.41, 5.74) is 0.553. The minimum atomic E-state index is -0.357. The Morgan fingerprint density at radius 3 is 2.66 bits per heavy atom. The lowest BCUT2D eigenvalue weighted by molar-refractivity contribution is -0.118. The van der Waals surface area contributed by atoms with Gasteiger partial charge in [-0.05, 0) is 71.2 Å². The molecule has 0 radical (unpaired) electrons. The summed E-state index contributed by atoms with van der Waals surface area (Å²) >= 11 is 0. The number of nitrogens with zero attached hydrogens (tertiary/aromatic N) is 3. The van der Waals surface area contributed by atoms with E-state index in [1.54, 1.807) is 18.5 Å². The predicted octanol–water partition coefficient (Wildman–Crippen LogP) is 4.18. The van der Waals surface area contributed by atoms with E-state index in [1.165, 1.54) is 18.9 Å². The van der Waals surface area contributed by atoms with Gasteiger partial charge < -0.3 is 20.1 Å². The summed E-state index contributed by atoms with van der Waals surface area (Å²) in [6.07, 6.45) is 8.35. The lowest BCUT2D eigenvalue weighted by Gasteiger charge is -2.31. The molecule has 3 rings (SSSR count). The predicted molar refractivity (Wildman–Crippen MR) is 127 cm³/mol. The van der Waals surface area contributed by atoms with Gasteiger partial charge in [-0.3, -0.25) is 4.79 Å². The van der Waals surface area contributed by atoms with Crippen molar-refractivity contribution in [2.24, 2.45) is 0 Å². The van der Waals surface area contributed by atoms with Crippen LogP contribution in [-0.4, -0.2) is 52.1 Å². The number of imidazole rings is 1. The van der Waals surface area contributed by atoms with Crippen LogP contribution in [0.25, 0.3) is 0 Å². The molecule has 1 aliphatic heterocycles. The van der Waals surface area contributed by atoms with E-state index in [2.05, 4.69) is 45.9 Å². The van der Waals surface area contributed by atoms with Gasteiger partial charge in [-0.15, -0.1) is 0 Å². The molecule has 0 saturated carbocycles. The van der Waals surface area contributed by atoms with Crippen molar-refractivity contribution in [1.29, 1.82) is 0 Å². The molecular weight excluding hydrogens is 405 g/mol. The molecule has 2 N–H and O–H groups in total. The molecule has 1 fully saturated rings. The van der Waals surface area contributed by atoms with E-state index < -0.39 is 0 Å². The van der Waals surface area contributed by atoms with E-state index in [-0.39, 0.29) is 29.3 Å². The average Bonchev–Trinajstić information content (AvgIpc) is 3.41. The molecule has 1 amide bonds. The number of carbonyl (C=O) groups is 1. The molecule has 2 aromatic rings. The fraction of sp³-hybridized carbons (Fsp3) is 0.600. The Kier molecular flexibility index (Phi) is 8.43. The van der Waals surface area contributed by atoms with Crippen molar-refractivity contribution < 1.29 is 9.18 Å². The number of hydrogen-bond acceptors (Lipinski definition) is 4. The largest absolute Gasteiger partial charge is 0.328 e. The third-order valence-electron chi connectivity index (χ3n) is 6.21. The molecule has 7 heteroatoms. The minimum Gasteiger partial charge on any atom is -0.328 e. The fourth-order valence-corrected chi connectivity index (χ4v) is 4.48. The van der Waals surface area contributed by atoms with Crippen LogP contribution in [0.15, 0.2) is 36.8 Å². The van der Waals surface area contributed by atoms with Crippen LogP contribution >= 0.6 is 0 Å². The Morgan fingerprint density at radius 1 is 1.25 bits per heavy atom. The number of benzene rings is 1. The minimum absolute atomic E-state index is 0.0360. The number of anilines is 1. The summed E-state index contributed by atoms with van der Waals surface area (Å²) in [5.74, 6) is 0.253. The third kappa shape index (κ3) is 6.62. The van der Waals surface area contributed by atoms with Crippen molar-refractivity contribution in [2.75, 3.05) is 25.0 Å². The Morgan fingerprint density at radius 2 is 1.97 bits per heavy atom. The smallest absolute Gasteiger partial charge is 0.242 e. The van der Waals surface area contributed by atoms with Crippen LogP contribution < -0.4 is 10.6 Å². The first kappa shape index (κ1) is 24.4. The monoisotopic (exact) mass is 443 g/mol. The second-order valence-electron chi connectivity index (χ2n) is 9.66. The zero-order valence-corrected chi connectivity index (χ0v) is 19.9. The van der Waals surface area contributed by atoms with E-state index in [9.17, 15) is 9.18 Å². The first-order valence-electron chi connectivity index (χ1n) is 11.9. The number of likely N-dealkylation sites (tertiary alicyclic amines) is 1. The molecule has 0 aliphatic carbocycles. The molecule has 32 heavy (non-hydrogen) atoms. The maximum atomic E-state index is 14.0. The van der Waals surface area contributed by atoms with Crippen LogP contribution in [0.2, 0.25) is 0 Å². The maximum Gasteiger partial charge on any atom is 0.242 e. The van der Waals surface area contributed by atoms with Gasteiger partial charge in [-0.25, -0.2) is 9.37 Å². The van der Waals surface area contributed by atoms with E-state index in [0.29, 0.717) is 24.2 Å². The Labute approximate surface area is 191 Å². The molecule has 6 nitrogen and oxygen atoms in total. The zero-order chi connectivity index (χ0) is 23.1. The standard InChI is InChI=1S/C25H38FN5O/c1-5-10-22(28-19(2)15-20-11-6-7-12-21(20)26)24(32)29-23-16-31(18-27-23)25(3,4)17-30-13-8-9-14-30/h6-7,11-12,16,18-19,22,28H,5,8-10,13-15,17H2,1-4H3,(H,29,32). The van der Waals surface area contributed by atoms with E-state index in [4.69, 9.17) is 0 Å². The lowest BCUT2D eigenvalue weighted by atomic mass is 10.0. The van der Waals surface area contributed by atoms with Crippen LogP contribution in [0.3, 0.4) is 0 Å². The molecule has 2 unspecified atom stereocenters. The number of hydrogen-bond donors (Lipinski definition) is 2. The summed E-state index contributed by atoms with van der Waals surface area (Å²) in [6, 6.07) is 6.40. The van der Waals surface area contributed by atoms with Crippen LogP contribution in [0.4, 0.5) is 10.2 Å². The first-order valence-corrected chi connectivity index (χ1v) is 11.9. The Bertz CT molecular complexity index is 875. The van der Waals surface area contributed by atoms with Crippen LogP contribution in [0.5, 0.6) is 0 Å². The fourth-order valence-electron chi connectivity index (χ4n) is 4.48. The molecule has 1 saturated heterocycles. The van der Waals surface area contributed by atoms with Crippen molar-refractivity contribution in [3.05, 3.63) is 48.2 Å². The van der Waals surface area contributed by atoms with Gasteiger partial charge in [0.15, 0.2) is 5.82 Å². The molecule has 1 aliphatic rings. The van der Waals surface area contributed by atoms with Gasteiger partial charge in [0, 0.05) is 18.8 Å².